The molecule has 120 valence electrons. The molecule has 1 aliphatic carbocycles. The normalized spacial score (nSPS) is 28.9. The van der Waals surface area contributed by atoms with Crippen LogP contribution in [0.5, 0.6) is 0 Å². The molecule has 1 aliphatic heterocycles. The van der Waals surface area contributed by atoms with E-state index in [2.05, 4.69) is 32.5 Å². The second-order valence-corrected chi connectivity index (χ2v) is 6.54. The molecular formula is C16H24N4O2. The third-order valence-corrected chi connectivity index (χ3v) is 4.61. The van der Waals surface area contributed by atoms with Crippen LogP contribution in [-0.4, -0.2) is 40.6 Å². The van der Waals surface area contributed by atoms with E-state index in [9.17, 15) is 4.79 Å². The summed E-state index contributed by atoms with van der Waals surface area (Å²) in [6, 6.07) is 0. The molecule has 2 heterocycles. The van der Waals surface area contributed by atoms with E-state index >= 15 is 0 Å². The number of aryl methyl sites for hydroxylation is 1. The molecule has 6 heteroatoms. The van der Waals surface area contributed by atoms with Crippen LogP contribution in [0, 0.1) is 12.8 Å². The van der Waals surface area contributed by atoms with Gasteiger partial charge in [-0.2, -0.15) is 4.98 Å². The van der Waals surface area contributed by atoms with Crippen molar-refractivity contribution in [1.29, 1.82) is 0 Å². The Hall–Kier alpha value is -1.69. The Morgan fingerprint density at radius 3 is 3.05 bits per heavy atom. The predicted octanol–water partition coefficient (Wildman–Crippen LogP) is 1.77. The Morgan fingerprint density at radius 1 is 1.55 bits per heavy atom. The Bertz CT molecular complexity index is 568. The Morgan fingerprint density at radius 2 is 2.41 bits per heavy atom. The van der Waals surface area contributed by atoms with E-state index < -0.39 is 5.54 Å². The summed E-state index contributed by atoms with van der Waals surface area (Å²) in [5, 5.41) is 7.14. The highest BCUT2D eigenvalue weighted by atomic mass is 16.5. The summed E-state index contributed by atoms with van der Waals surface area (Å²) in [5.74, 6) is 1.80. The van der Waals surface area contributed by atoms with E-state index in [0.717, 1.165) is 32.5 Å². The smallest absolute Gasteiger partial charge is 0.223 e. The van der Waals surface area contributed by atoms with Gasteiger partial charge in [-0.05, 0) is 31.6 Å². The molecule has 0 bridgehead atoms. The first-order valence-corrected chi connectivity index (χ1v) is 8.04. The summed E-state index contributed by atoms with van der Waals surface area (Å²) in [7, 11) is 0. The van der Waals surface area contributed by atoms with E-state index in [-0.39, 0.29) is 5.91 Å². The number of rotatable bonds is 4. The zero-order chi connectivity index (χ0) is 15.6. The van der Waals surface area contributed by atoms with Gasteiger partial charge >= 0.3 is 0 Å². The van der Waals surface area contributed by atoms with Gasteiger partial charge in [0.2, 0.25) is 11.8 Å². The number of carbonyl (C=O) groups excluding carboxylic acids is 1. The van der Waals surface area contributed by atoms with Crippen LogP contribution in [0.15, 0.2) is 16.7 Å². The summed E-state index contributed by atoms with van der Waals surface area (Å²) in [6.07, 6.45) is 8.97. The summed E-state index contributed by atoms with van der Waals surface area (Å²) in [4.78, 5) is 18.4. The number of hydrogen-bond donors (Lipinski definition) is 1. The fourth-order valence-electron chi connectivity index (χ4n) is 3.60. The zero-order valence-corrected chi connectivity index (χ0v) is 13.3. The lowest BCUT2D eigenvalue weighted by molar-refractivity contribution is -0.121. The fourth-order valence-corrected chi connectivity index (χ4v) is 3.60. The average molecular weight is 304 g/mol. The van der Waals surface area contributed by atoms with Crippen molar-refractivity contribution in [3.8, 4) is 0 Å². The first-order valence-electron chi connectivity index (χ1n) is 8.04. The lowest BCUT2D eigenvalue weighted by atomic mass is 9.94. The molecule has 2 aliphatic rings. The van der Waals surface area contributed by atoms with Gasteiger partial charge in [-0.1, -0.05) is 17.3 Å². The highest BCUT2D eigenvalue weighted by Gasteiger charge is 2.44. The molecule has 0 saturated carbocycles. The minimum Gasteiger partial charge on any atom is -0.342 e. The van der Waals surface area contributed by atoms with Gasteiger partial charge < -0.3 is 14.7 Å². The molecule has 22 heavy (non-hydrogen) atoms. The third-order valence-electron chi connectivity index (χ3n) is 4.61. The summed E-state index contributed by atoms with van der Waals surface area (Å²) < 4.78 is 5.13. The van der Waals surface area contributed by atoms with Gasteiger partial charge in [0.25, 0.3) is 0 Å². The molecule has 3 rings (SSSR count). The first-order chi connectivity index (χ1) is 10.6. The molecule has 0 spiro atoms. The maximum Gasteiger partial charge on any atom is 0.223 e. The van der Waals surface area contributed by atoms with Crippen molar-refractivity contribution in [1.82, 2.24) is 20.4 Å². The van der Waals surface area contributed by atoms with Gasteiger partial charge in [0.05, 0.1) is 0 Å². The van der Waals surface area contributed by atoms with Crippen LogP contribution >= 0.6 is 0 Å². The minimum absolute atomic E-state index is 0.0510. The van der Waals surface area contributed by atoms with Crippen LogP contribution in [0.4, 0.5) is 0 Å². The largest absolute Gasteiger partial charge is 0.342 e. The molecule has 0 radical (unpaired) electrons. The summed E-state index contributed by atoms with van der Waals surface area (Å²) in [5.41, 5.74) is -0.506. The monoisotopic (exact) mass is 304 g/mol. The number of amides is 1. The van der Waals surface area contributed by atoms with Gasteiger partial charge in [-0.15, -0.1) is 0 Å². The number of hydrogen-bond acceptors (Lipinski definition) is 5. The molecule has 1 amide bonds. The van der Waals surface area contributed by atoms with Gasteiger partial charge in [-0.3, -0.25) is 4.79 Å². The Kier molecular flexibility index (Phi) is 4.29. The molecule has 6 nitrogen and oxygen atoms in total. The molecule has 1 aromatic rings. The maximum atomic E-state index is 11.7. The Labute approximate surface area is 130 Å². The molecule has 2 atom stereocenters. The standard InChI is InChI=1S/C16H24N4O2/c1-12(21)18-16(15-17-13(2)22-19-15)8-9-20(11-16)10-14-6-4-3-5-7-14/h3-4,14H,5-11H2,1-2H3,(H,18,21)/t14-,16+/m1/s1. The van der Waals surface area contributed by atoms with Crippen molar-refractivity contribution < 1.29 is 9.32 Å². The van der Waals surface area contributed by atoms with Crippen LogP contribution in [0.2, 0.25) is 0 Å². The van der Waals surface area contributed by atoms with Crippen LogP contribution in [-0.2, 0) is 10.3 Å². The number of nitrogens with one attached hydrogen (secondary N) is 1. The quantitative estimate of drug-likeness (QED) is 0.858. The number of carbonyl (C=O) groups is 1. The predicted molar refractivity (Wildman–Crippen MR) is 82.1 cm³/mol. The highest BCUT2D eigenvalue weighted by Crippen LogP contribution is 2.32. The van der Waals surface area contributed by atoms with Crippen LogP contribution in [0.3, 0.4) is 0 Å². The topological polar surface area (TPSA) is 71.3 Å². The number of likely N-dealkylation sites (tertiary alicyclic amines) is 1. The third kappa shape index (κ3) is 3.21. The van der Waals surface area contributed by atoms with E-state index in [4.69, 9.17) is 4.52 Å². The lowest BCUT2D eigenvalue weighted by Gasteiger charge is -2.29. The van der Waals surface area contributed by atoms with Gasteiger partial charge in [0.15, 0.2) is 5.82 Å². The van der Waals surface area contributed by atoms with Crippen molar-refractivity contribution in [2.75, 3.05) is 19.6 Å². The lowest BCUT2D eigenvalue weighted by Crippen LogP contribution is -2.48. The molecular weight excluding hydrogens is 280 g/mol. The Balaban J connectivity index is 1.72. The molecule has 1 fully saturated rings. The highest BCUT2D eigenvalue weighted by molar-refractivity contribution is 5.74. The van der Waals surface area contributed by atoms with E-state index in [1.54, 1.807) is 13.8 Å². The SMILES string of the molecule is CC(=O)N[C@@]1(c2noc(C)n2)CCN(C[C@@H]2CC=CCC2)C1. The zero-order valence-electron chi connectivity index (χ0n) is 13.3. The van der Waals surface area contributed by atoms with Crippen LogP contribution < -0.4 is 5.32 Å². The fraction of sp³-hybridized carbons (Fsp3) is 0.688. The molecule has 0 unspecified atom stereocenters. The van der Waals surface area contributed by atoms with Crippen molar-refractivity contribution in [2.45, 2.75) is 45.1 Å². The van der Waals surface area contributed by atoms with Gasteiger partial charge in [-0.25, -0.2) is 0 Å². The van der Waals surface area contributed by atoms with Gasteiger partial charge in [0, 0.05) is 33.5 Å². The average Bonchev–Trinajstić information content (AvgIpc) is 3.07. The molecule has 1 aromatic heterocycles. The summed E-state index contributed by atoms with van der Waals surface area (Å²) in [6.45, 7) is 6.10. The second-order valence-electron chi connectivity index (χ2n) is 6.54. The molecule has 1 N–H and O–H groups in total. The number of allylic oxidation sites excluding steroid dienone is 2. The van der Waals surface area contributed by atoms with E-state index in [1.165, 1.54) is 12.8 Å². The second kappa shape index (κ2) is 6.20. The minimum atomic E-state index is -0.506. The van der Waals surface area contributed by atoms with Crippen molar-refractivity contribution >= 4 is 5.91 Å². The first kappa shape index (κ1) is 15.2. The van der Waals surface area contributed by atoms with Crippen LogP contribution in [0.1, 0.15) is 44.3 Å². The van der Waals surface area contributed by atoms with E-state index in [0.29, 0.717) is 17.6 Å². The number of nitrogens with zero attached hydrogens (tertiary/aromatic N) is 3. The molecule has 0 aromatic carbocycles. The number of aromatic nitrogens is 2. The van der Waals surface area contributed by atoms with Crippen molar-refractivity contribution in [2.24, 2.45) is 5.92 Å². The van der Waals surface area contributed by atoms with Gasteiger partial charge in [0.1, 0.15) is 5.54 Å². The molecule has 1 saturated heterocycles. The van der Waals surface area contributed by atoms with Crippen molar-refractivity contribution in [3.63, 3.8) is 0 Å². The van der Waals surface area contributed by atoms with Crippen molar-refractivity contribution in [3.05, 3.63) is 23.9 Å². The van der Waals surface area contributed by atoms with Crippen LogP contribution in [0.25, 0.3) is 0 Å². The summed E-state index contributed by atoms with van der Waals surface area (Å²) >= 11 is 0. The maximum absolute atomic E-state index is 11.7. The van der Waals surface area contributed by atoms with E-state index in [1.807, 2.05) is 0 Å².